The quantitative estimate of drug-likeness (QED) is 0.526. The molecule has 156 valence electrons. The Bertz CT molecular complexity index is 826. The number of carbonyl (C=O) groups is 2. The van der Waals surface area contributed by atoms with Gasteiger partial charge in [0, 0.05) is 28.5 Å². The van der Waals surface area contributed by atoms with Crippen LogP contribution in [0.15, 0.2) is 53.0 Å². The van der Waals surface area contributed by atoms with Gasteiger partial charge in [0.05, 0.1) is 0 Å². The van der Waals surface area contributed by atoms with Gasteiger partial charge in [-0.1, -0.05) is 64.8 Å². The number of halogens is 2. The second kappa shape index (κ2) is 11.4. The van der Waals surface area contributed by atoms with Crippen molar-refractivity contribution in [3.05, 3.63) is 69.2 Å². The molecule has 0 aliphatic carbocycles. The van der Waals surface area contributed by atoms with Crippen molar-refractivity contribution in [2.75, 3.05) is 0 Å². The number of nitrogens with zero attached hydrogens (tertiary/aromatic N) is 1. The minimum absolute atomic E-state index is 0.0673. The number of benzene rings is 2. The van der Waals surface area contributed by atoms with Crippen LogP contribution in [0.3, 0.4) is 0 Å². The van der Waals surface area contributed by atoms with Gasteiger partial charge in [-0.3, -0.25) is 9.59 Å². The van der Waals surface area contributed by atoms with Gasteiger partial charge in [-0.05, 0) is 56.0 Å². The van der Waals surface area contributed by atoms with Gasteiger partial charge in [-0.15, -0.1) is 0 Å². The number of carbonyl (C=O) groups excluding carboxylic acids is 2. The zero-order chi connectivity index (χ0) is 21.4. The number of hydrogen-bond donors (Lipinski definition) is 1. The SMILES string of the molecule is CCC(C)NC(=O)C(C)N(Cc1ccc(Br)cc1)C(=O)CCc1ccccc1Cl. The fourth-order valence-corrected chi connectivity index (χ4v) is 3.42. The molecule has 0 bridgehead atoms. The topological polar surface area (TPSA) is 49.4 Å². The molecule has 0 aliphatic heterocycles. The molecule has 0 heterocycles. The van der Waals surface area contributed by atoms with Crippen LogP contribution in [0.25, 0.3) is 0 Å². The molecule has 6 heteroatoms. The standard InChI is InChI=1S/C23H28BrClN2O2/c1-4-16(2)26-23(29)17(3)27(15-18-9-12-20(24)13-10-18)22(28)14-11-19-7-5-6-8-21(19)25/h5-10,12-13,16-17H,4,11,14-15H2,1-3H3,(H,26,29). The van der Waals surface area contributed by atoms with Crippen molar-refractivity contribution in [2.24, 2.45) is 0 Å². The van der Waals surface area contributed by atoms with Gasteiger partial charge in [-0.25, -0.2) is 0 Å². The molecule has 2 rings (SSSR count). The van der Waals surface area contributed by atoms with Crippen molar-refractivity contribution in [3.63, 3.8) is 0 Å². The average Bonchev–Trinajstić information content (AvgIpc) is 2.71. The van der Waals surface area contributed by atoms with Gasteiger partial charge < -0.3 is 10.2 Å². The van der Waals surface area contributed by atoms with E-state index in [0.29, 0.717) is 24.4 Å². The summed E-state index contributed by atoms with van der Waals surface area (Å²) in [5.74, 6) is -0.206. The molecule has 2 aromatic rings. The summed E-state index contributed by atoms with van der Waals surface area (Å²) in [6, 6.07) is 14.8. The second-order valence-electron chi connectivity index (χ2n) is 7.23. The van der Waals surface area contributed by atoms with Gasteiger partial charge in [0.15, 0.2) is 0 Å². The minimum atomic E-state index is -0.564. The summed E-state index contributed by atoms with van der Waals surface area (Å²) in [5, 5.41) is 3.64. The Labute approximate surface area is 186 Å². The van der Waals surface area contributed by atoms with E-state index >= 15 is 0 Å². The van der Waals surface area contributed by atoms with E-state index in [1.807, 2.05) is 62.4 Å². The van der Waals surface area contributed by atoms with Crippen LogP contribution in [-0.4, -0.2) is 28.8 Å². The summed E-state index contributed by atoms with van der Waals surface area (Å²) in [6.45, 7) is 6.14. The van der Waals surface area contributed by atoms with E-state index in [-0.39, 0.29) is 17.9 Å². The highest BCUT2D eigenvalue weighted by atomic mass is 79.9. The highest BCUT2D eigenvalue weighted by molar-refractivity contribution is 9.10. The second-order valence-corrected chi connectivity index (χ2v) is 8.56. The highest BCUT2D eigenvalue weighted by Crippen LogP contribution is 2.19. The molecule has 2 unspecified atom stereocenters. The van der Waals surface area contributed by atoms with Gasteiger partial charge in [0.25, 0.3) is 0 Å². The number of nitrogens with one attached hydrogen (secondary N) is 1. The monoisotopic (exact) mass is 478 g/mol. The first kappa shape index (κ1) is 23.4. The number of aryl methyl sites for hydroxylation is 1. The first-order chi connectivity index (χ1) is 13.8. The van der Waals surface area contributed by atoms with Crippen LogP contribution in [0, 0.1) is 0 Å². The van der Waals surface area contributed by atoms with Crippen LogP contribution in [-0.2, 0) is 22.6 Å². The van der Waals surface area contributed by atoms with Crippen molar-refractivity contribution >= 4 is 39.3 Å². The Balaban J connectivity index is 2.15. The minimum Gasteiger partial charge on any atom is -0.352 e. The molecule has 0 radical (unpaired) electrons. The van der Waals surface area contributed by atoms with Gasteiger partial charge in [0.2, 0.25) is 11.8 Å². The van der Waals surface area contributed by atoms with Crippen molar-refractivity contribution in [3.8, 4) is 0 Å². The van der Waals surface area contributed by atoms with Crippen LogP contribution in [0.1, 0.15) is 44.7 Å². The summed E-state index contributed by atoms with van der Waals surface area (Å²) >= 11 is 9.65. The average molecular weight is 480 g/mol. The smallest absolute Gasteiger partial charge is 0.242 e. The molecule has 2 atom stereocenters. The highest BCUT2D eigenvalue weighted by Gasteiger charge is 2.26. The third-order valence-corrected chi connectivity index (χ3v) is 5.90. The molecule has 0 saturated carbocycles. The predicted octanol–water partition coefficient (Wildman–Crippen LogP) is 5.37. The molecular formula is C23H28BrClN2O2. The Morgan fingerprint density at radius 1 is 1.10 bits per heavy atom. The summed E-state index contributed by atoms with van der Waals surface area (Å²) in [6.07, 6.45) is 1.67. The summed E-state index contributed by atoms with van der Waals surface area (Å²) in [4.78, 5) is 27.4. The van der Waals surface area contributed by atoms with Crippen LogP contribution < -0.4 is 5.32 Å². The largest absolute Gasteiger partial charge is 0.352 e. The Hall–Kier alpha value is -1.85. The lowest BCUT2D eigenvalue weighted by molar-refractivity contribution is -0.140. The Morgan fingerprint density at radius 3 is 2.38 bits per heavy atom. The first-order valence-electron chi connectivity index (χ1n) is 9.89. The van der Waals surface area contributed by atoms with Crippen LogP contribution in [0.2, 0.25) is 5.02 Å². The number of rotatable bonds is 9. The maximum atomic E-state index is 13.1. The molecule has 2 aromatic carbocycles. The van der Waals surface area contributed by atoms with Crippen molar-refractivity contribution in [1.29, 1.82) is 0 Å². The van der Waals surface area contributed by atoms with Crippen molar-refractivity contribution < 1.29 is 9.59 Å². The summed E-state index contributed by atoms with van der Waals surface area (Å²) in [7, 11) is 0. The van der Waals surface area contributed by atoms with E-state index in [1.54, 1.807) is 11.8 Å². The molecular weight excluding hydrogens is 452 g/mol. The van der Waals surface area contributed by atoms with E-state index in [1.165, 1.54) is 0 Å². The molecule has 0 aromatic heterocycles. The maximum Gasteiger partial charge on any atom is 0.242 e. The van der Waals surface area contributed by atoms with E-state index in [4.69, 9.17) is 11.6 Å². The van der Waals surface area contributed by atoms with Gasteiger partial charge in [-0.2, -0.15) is 0 Å². The molecule has 0 spiro atoms. The van der Waals surface area contributed by atoms with Gasteiger partial charge >= 0.3 is 0 Å². The Kier molecular flexibility index (Phi) is 9.18. The van der Waals surface area contributed by atoms with Crippen LogP contribution in [0.4, 0.5) is 0 Å². The Morgan fingerprint density at radius 2 is 1.76 bits per heavy atom. The molecule has 0 saturated heterocycles. The first-order valence-corrected chi connectivity index (χ1v) is 11.1. The van der Waals surface area contributed by atoms with Crippen LogP contribution >= 0.6 is 27.5 Å². The summed E-state index contributed by atoms with van der Waals surface area (Å²) in [5.41, 5.74) is 1.91. The fraction of sp³-hybridized carbons (Fsp3) is 0.391. The molecule has 4 nitrogen and oxygen atoms in total. The third-order valence-electron chi connectivity index (χ3n) is 5.00. The third kappa shape index (κ3) is 7.16. The van der Waals surface area contributed by atoms with E-state index in [0.717, 1.165) is 22.0 Å². The lowest BCUT2D eigenvalue weighted by Gasteiger charge is -2.30. The zero-order valence-electron chi connectivity index (χ0n) is 17.1. The lowest BCUT2D eigenvalue weighted by atomic mass is 10.1. The molecule has 2 amide bonds. The molecule has 0 aliphatic rings. The normalized spacial score (nSPS) is 12.9. The van der Waals surface area contributed by atoms with Crippen molar-refractivity contribution in [1.82, 2.24) is 10.2 Å². The lowest BCUT2D eigenvalue weighted by Crippen LogP contribution is -2.49. The zero-order valence-corrected chi connectivity index (χ0v) is 19.5. The summed E-state index contributed by atoms with van der Waals surface area (Å²) < 4.78 is 0.973. The number of amides is 2. The maximum absolute atomic E-state index is 13.1. The molecule has 29 heavy (non-hydrogen) atoms. The fourth-order valence-electron chi connectivity index (χ4n) is 2.92. The van der Waals surface area contributed by atoms with E-state index in [9.17, 15) is 9.59 Å². The van der Waals surface area contributed by atoms with Gasteiger partial charge in [0.1, 0.15) is 6.04 Å². The predicted molar refractivity (Wildman–Crippen MR) is 122 cm³/mol. The number of hydrogen-bond acceptors (Lipinski definition) is 2. The van der Waals surface area contributed by atoms with E-state index < -0.39 is 6.04 Å². The van der Waals surface area contributed by atoms with E-state index in [2.05, 4.69) is 21.2 Å². The van der Waals surface area contributed by atoms with Crippen molar-refractivity contribution in [2.45, 2.75) is 58.7 Å². The molecule has 1 N–H and O–H groups in total. The molecule has 0 fully saturated rings. The van der Waals surface area contributed by atoms with Crippen LogP contribution in [0.5, 0.6) is 0 Å².